The van der Waals surface area contributed by atoms with Crippen LogP contribution in [0.4, 0.5) is 0 Å². The third-order valence-corrected chi connectivity index (χ3v) is 4.35. The van der Waals surface area contributed by atoms with Gasteiger partial charge in [0.25, 0.3) is 5.82 Å². The van der Waals surface area contributed by atoms with Crippen molar-refractivity contribution in [2.24, 2.45) is 5.73 Å². The number of primary amides is 1. The first-order valence-corrected chi connectivity index (χ1v) is 8.18. The number of aromatic nitrogens is 2. The zero-order valence-corrected chi connectivity index (χ0v) is 15.0. The zero-order valence-electron chi connectivity index (χ0n) is 15.0. The molecule has 0 aliphatic rings. The van der Waals surface area contributed by atoms with Crippen LogP contribution in [0.3, 0.4) is 0 Å². The first kappa shape index (κ1) is 18.2. The van der Waals surface area contributed by atoms with Crippen molar-refractivity contribution in [1.29, 1.82) is 0 Å². The van der Waals surface area contributed by atoms with Gasteiger partial charge in [0.2, 0.25) is 5.91 Å². The van der Waals surface area contributed by atoms with Crippen LogP contribution in [-0.4, -0.2) is 30.7 Å². The van der Waals surface area contributed by atoms with Gasteiger partial charge >= 0.3 is 5.97 Å². The summed E-state index contributed by atoms with van der Waals surface area (Å²) in [7, 11) is 2.85. The second-order valence-electron chi connectivity index (χ2n) is 5.97. The number of ether oxygens (including phenoxy) is 2. The van der Waals surface area contributed by atoms with E-state index in [0.29, 0.717) is 16.8 Å². The van der Waals surface area contributed by atoms with Gasteiger partial charge in [0.15, 0.2) is 11.0 Å². The topological polar surface area (TPSA) is 110 Å². The minimum Gasteiger partial charge on any atom is -0.710 e. The van der Waals surface area contributed by atoms with Gasteiger partial charge in [-0.1, -0.05) is 12.1 Å². The standard InChI is InChI=1S/C19H19N3O5/c1-26-14-6-3-12(4-7-14)11-21-15-8-5-13(19(20)24)9-16(15)22(25)17(21)10-18(23)27-2/h3-9H,10-11H2,1-2H3,(H2,20,24). The molecule has 0 radical (unpaired) electrons. The molecule has 8 heteroatoms. The number of hydrogen-bond acceptors (Lipinski definition) is 5. The molecule has 3 aromatic rings. The molecule has 1 heterocycles. The quantitative estimate of drug-likeness (QED) is 0.398. The fourth-order valence-corrected chi connectivity index (χ4v) is 2.91. The highest BCUT2D eigenvalue weighted by Crippen LogP contribution is 2.20. The van der Waals surface area contributed by atoms with E-state index in [1.807, 2.05) is 24.3 Å². The number of methoxy groups -OCH3 is 2. The van der Waals surface area contributed by atoms with Crippen molar-refractivity contribution in [3.8, 4) is 5.75 Å². The summed E-state index contributed by atoms with van der Waals surface area (Å²) in [5, 5.41) is 12.8. The first-order chi connectivity index (χ1) is 12.9. The maximum absolute atomic E-state index is 12.8. The van der Waals surface area contributed by atoms with E-state index in [1.165, 1.54) is 13.2 Å². The van der Waals surface area contributed by atoms with E-state index in [0.717, 1.165) is 11.3 Å². The van der Waals surface area contributed by atoms with Crippen molar-refractivity contribution in [1.82, 2.24) is 4.57 Å². The molecule has 27 heavy (non-hydrogen) atoms. The van der Waals surface area contributed by atoms with Gasteiger partial charge in [-0.2, -0.15) is 0 Å². The third-order valence-electron chi connectivity index (χ3n) is 4.35. The highest BCUT2D eigenvalue weighted by atomic mass is 16.5. The molecule has 0 spiro atoms. The zero-order chi connectivity index (χ0) is 19.6. The average molecular weight is 369 g/mol. The molecule has 1 amide bonds. The Balaban J connectivity index is 2.13. The molecule has 0 saturated carbocycles. The summed E-state index contributed by atoms with van der Waals surface area (Å²) in [6.07, 6.45) is -0.198. The van der Waals surface area contributed by atoms with Gasteiger partial charge in [-0.3, -0.25) is 9.59 Å². The van der Waals surface area contributed by atoms with Crippen molar-refractivity contribution < 1.29 is 23.8 Å². The number of hydrogen-bond donors (Lipinski definition) is 1. The van der Waals surface area contributed by atoms with Crippen LogP contribution in [0, 0.1) is 5.21 Å². The molecule has 0 bridgehead atoms. The fourth-order valence-electron chi connectivity index (χ4n) is 2.91. The monoisotopic (exact) mass is 369 g/mol. The lowest BCUT2D eigenvalue weighted by atomic mass is 10.2. The van der Waals surface area contributed by atoms with Crippen molar-refractivity contribution in [3.05, 3.63) is 64.6 Å². The molecule has 0 fully saturated rings. The number of fused-ring (bicyclic) bond motifs is 1. The Labute approximate surface area is 155 Å². The van der Waals surface area contributed by atoms with Crippen LogP contribution < -0.4 is 15.2 Å². The van der Waals surface area contributed by atoms with Crippen molar-refractivity contribution in [2.45, 2.75) is 13.0 Å². The Bertz CT molecular complexity index is 1010. The number of esters is 1. The molecule has 1 aromatic heterocycles. The Morgan fingerprint density at radius 3 is 2.44 bits per heavy atom. The van der Waals surface area contributed by atoms with Crippen LogP contribution in [0.2, 0.25) is 0 Å². The van der Waals surface area contributed by atoms with Gasteiger partial charge in [0, 0.05) is 11.6 Å². The Morgan fingerprint density at radius 1 is 1.15 bits per heavy atom. The minimum absolute atomic E-state index is 0.198. The second-order valence-corrected chi connectivity index (χ2v) is 5.97. The summed E-state index contributed by atoms with van der Waals surface area (Å²) in [6, 6.07) is 12.0. The van der Waals surface area contributed by atoms with Crippen LogP contribution in [0.15, 0.2) is 42.5 Å². The number of nitrogens with two attached hydrogens (primary N) is 1. The molecule has 0 aliphatic heterocycles. The Kier molecular flexibility index (Phi) is 4.98. The molecule has 0 unspecified atom stereocenters. The van der Waals surface area contributed by atoms with E-state index in [1.54, 1.807) is 23.8 Å². The lowest BCUT2D eigenvalue weighted by Crippen LogP contribution is -2.33. The highest BCUT2D eigenvalue weighted by molar-refractivity contribution is 5.95. The SMILES string of the molecule is COC(=O)Cc1n(Cc2ccc(OC)cc2)c2ccc(C(N)=O)cc2[n+]1[O-]. The van der Waals surface area contributed by atoms with Gasteiger partial charge in [-0.25, -0.2) is 9.30 Å². The Hall–Kier alpha value is -3.55. The minimum atomic E-state index is -0.630. The molecule has 0 atom stereocenters. The smallest absolute Gasteiger partial charge is 0.317 e. The van der Waals surface area contributed by atoms with Crippen molar-refractivity contribution in [2.75, 3.05) is 14.2 Å². The second kappa shape index (κ2) is 7.36. The number of imidazole rings is 1. The number of nitrogens with zero attached hydrogens (tertiary/aromatic N) is 2. The van der Waals surface area contributed by atoms with Crippen LogP contribution in [0.25, 0.3) is 11.0 Å². The summed E-state index contributed by atoms with van der Waals surface area (Å²) in [4.78, 5) is 23.2. The van der Waals surface area contributed by atoms with Crippen LogP contribution in [0.5, 0.6) is 5.75 Å². The van der Waals surface area contributed by atoms with E-state index in [2.05, 4.69) is 0 Å². The highest BCUT2D eigenvalue weighted by Gasteiger charge is 2.25. The number of amides is 1. The average Bonchev–Trinajstić information content (AvgIpc) is 2.93. The summed E-state index contributed by atoms with van der Waals surface area (Å²) >= 11 is 0. The lowest BCUT2D eigenvalue weighted by molar-refractivity contribution is -0.586. The first-order valence-electron chi connectivity index (χ1n) is 8.18. The maximum Gasteiger partial charge on any atom is 0.317 e. The molecule has 2 aromatic carbocycles. The molecular weight excluding hydrogens is 350 g/mol. The van der Waals surface area contributed by atoms with E-state index in [4.69, 9.17) is 15.2 Å². The van der Waals surface area contributed by atoms with Gasteiger partial charge in [0.1, 0.15) is 18.7 Å². The molecular formula is C19H19N3O5. The number of carbonyl (C=O) groups excluding carboxylic acids is 2. The van der Waals surface area contributed by atoms with Crippen LogP contribution in [-0.2, 0) is 22.5 Å². The summed E-state index contributed by atoms with van der Waals surface area (Å²) in [5.41, 5.74) is 7.30. The number of carbonyl (C=O) groups is 2. The maximum atomic E-state index is 12.8. The van der Waals surface area contributed by atoms with E-state index >= 15 is 0 Å². The Morgan fingerprint density at radius 2 is 1.85 bits per heavy atom. The predicted octanol–water partition coefficient (Wildman–Crippen LogP) is 1.15. The third kappa shape index (κ3) is 3.55. The normalized spacial score (nSPS) is 10.7. The van der Waals surface area contributed by atoms with Gasteiger partial charge in [-0.15, -0.1) is 0 Å². The molecule has 8 nitrogen and oxygen atoms in total. The van der Waals surface area contributed by atoms with E-state index in [9.17, 15) is 14.8 Å². The fraction of sp³-hybridized carbons (Fsp3) is 0.211. The van der Waals surface area contributed by atoms with E-state index < -0.39 is 11.9 Å². The molecule has 0 saturated heterocycles. The van der Waals surface area contributed by atoms with Crippen molar-refractivity contribution >= 4 is 22.9 Å². The number of rotatable bonds is 6. The van der Waals surface area contributed by atoms with Gasteiger partial charge < -0.3 is 20.4 Å². The van der Waals surface area contributed by atoms with Crippen LogP contribution in [0.1, 0.15) is 21.7 Å². The number of benzene rings is 2. The van der Waals surface area contributed by atoms with Crippen molar-refractivity contribution in [3.63, 3.8) is 0 Å². The predicted molar refractivity (Wildman–Crippen MR) is 97.2 cm³/mol. The van der Waals surface area contributed by atoms with Gasteiger partial charge in [-0.05, 0) is 29.8 Å². The summed E-state index contributed by atoms with van der Waals surface area (Å²) < 4.78 is 12.2. The lowest BCUT2D eigenvalue weighted by Gasteiger charge is -2.07. The molecule has 2 N–H and O–H groups in total. The molecule has 3 rings (SSSR count). The summed E-state index contributed by atoms with van der Waals surface area (Å²) in [6.45, 7) is 0.359. The largest absolute Gasteiger partial charge is 0.710 e. The van der Waals surface area contributed by atoms with Gasteiger partial charge in [0.05, 0.1) is 14.2 Å². The molecule has 140 valence electrons. The summed E-state index contributed by atoms with van der Waals surface area (Å²) in [5.74, 6) is -0.229. The van der Waals surface area contributed by atoms with Crippen LogP contribution >= 0.6 is 0 Å². The van der Waals surface area contributed by atoms with E-state index in [-0.39, 0.29) is 23.3 Å². The molecule has 0 aliphatic carbocycles.